The number of halogens is 1. The van der Waals surface area contributed by atoms with Crippen molar-refractivity contribution in [2.45, 2.75) is 44.9 Å². The highest BCUT2D eigenvalue weighted by molar-refractivity contribution is 9.09. The third kappa shape index (κ3) is 2.07. The van der Waals surface area contributed by atoms with Gasteiger partial charge in [0.05, 0.1) is 0 Å². The highest BCUT2D eigenvalue weighted by Crippen LogP contribution is 2.59. The summed E-state index contributed by atoms with van der Waals surface area (Å²) in [6.07, 6.45) is 4.42. The van der Waals surface area contributed by atoms with Gasteiger partial charge in [-0.3, -0.25) is 0 Å². The van der Waals surface area contributed by atoms with Gasteiger partial charge >= 0.3 is 0 Å². The average molecular weight is 293 g/mol. The molecule has 92 valence electrons. The first kappa shape index (κ1) is 11.8. The molecule has 0 spiro atoms. The fraction of sp³-hybridized carbons (Fsp3) is 0.625. The Labute approximate surface area is 113 Å². The molecular weight excluding hydrogens is 272 g/mol. The lowest BCUT2D eigenvalue weighted by Crippen LogP contribution is -2.09. The SMILES string of the molecule is Cc1cc(C)c(C(Br)C2CC3CC3C2)c(C)c1. The smallest absolute Gasteiger partial charge is 0.0428 e. The van der Waals surface area contributed by atoms with E-state index in [1.54, 1.807) is 5.56 Å². The Morgan fingerprint density at radius 3 is 2.06 bits per heavy atom. The van der Waals surface area contributed by atoms with Crippen LogP contribution in [0.4, 0.5) is 0 Å². The monoisotopic (exact) mass is 292 g/mol. The van der Waals surface area contributed by atoms with Crippen molar-refractivity contribution < 1.29 is 0 Å². The van der Waals surface area contributed by atoms with Gasteiger partial charge in [0, 0.05) is 4.83 Å². The molecule has 0 radical (unpaired) electrons. The Balaban J connectivity index is 1.87. The number of fused-ring (bicyclic) bond motifs is 1. The van der Waals surface area contributed by atoms with Crippen molar-refractivity contribution in [1.82, 2.24) is 0 Å². The number of hydrogen-bond acceptors (Lipinski definition) is 0. The van der Waals surface area contributed by atoms with Crippen LogP contribution < -0.4 is 0 Å². The Morgan fingerprint density at radius 1 is 1.00 bits per heavy atom. The molecule has 3 unspecified atom stereocenters. The summed E-state index contributed by atoms with van der Waals surface area (Å²) in [7, 11) is 0. The molecule has 0 aliphatic heterocycles. The zero-order chi connectivity index (χ0) is 12.2. The molecule has 0 amide bonds. The van der Waals surface area contributed by atoms with Gasteiger partial charge in [-0.05, 0) is 74.5 Å². The van der Waals surface area contributed by atoms with E-state index in [0.717, 1.165) is 17.8 Å². The molecule has 0 N–H and O–H groups in total. The van der Waals surface area contributed by atoms with E-state index in [9.17, 15) is 0 Å². The minimum absolute atomic E-state index is 0.580. The highest BCUT2D eigenvalue weighted by Gasteiger charge is 2.47. The van der Waals surface area contributed by atoms with E-state index in [4.69, 9.17) is 0 Å². The van der Waals surface area contributed by atoms with E-state index in [-0.39, 0.29) is 0 Å². The second-order valence-electron chi connectivity index (χ2n) is 6.20. The van der Waals surface area contributed by atoms with Crippen LogP contribution >= 0.6 is 15.9 Å². The maximum atomic E-state index is 3.99. The van der Waals surface area contributed by atoms with E-state index >= 15 is 0 Å². The van der Waals surface area contributed by atoms with Crippen LogP contribution in [-0.2, 0) is 0 Å². The number of benzene rings is 1. The van der Waals surface area contributed by atoms with Crippen molar-refractivity contribution in [3.8, 4) is 0 Å². The van der Waals surface area contributed by atoms with Crippen LogP contribution in [0.5, 0.6) is 0 Å². The van der Waals surface area contributed by atoms with Gasteiger partial charge in [-0.1, -0.05) is 33.6 Å². The first-order valence-electron chi connectivity index (χ1n) is 6.78. The molecule has 2 saturated carbocycles. The molecule has 2 aliphatic rings. The van der Waals surface area contributed by atoms with Crippen molar-refractivity contribution in [3.05, 3.63) is 34.4 Å². The van der Waals surface area contributed by atoms with E-state index in [1.807, 2.05) is 0 Å². The van der Waals surface area contributed by atoms with Crippen LogP contribution in [-0.4, -0.2) is 0 Å². The zero-order valence-electron chi connectivity index (χ0n) is 11.0. The maximum Gasteiger partial charge on any atom is 0.0428 e. The van der Waals surface area contributed by atoms with Crippen molar-refractivity contribution in [3.63, 3.8) is 0 Å². The number of rotatable bonds is 2. The van der Waals surface area contributed by atoms with Gasteiger partial charge in [-0.2, -0.15) is 0 Å². The molecule has 0 heterocycles. The summed E-state index contributed by atoms with van der Waals surface area (Å²) in [6, 6.07) is 4.65. The van der Waals surface area contributed by atoms with E-state index in [0.29, 0.717) is 4.83 Å². The highest BCUT2D eigenvalue weighted by atomic mass is 79.9. The molecule has 0 aromatic heterocycles. The van der Waals surface area contributed by atoms with Crippen molar-refractivity contribution in [1.29, 1.82) is 0 Å². The van der Waals surface area contributed by atoms with E-state index in [1.165, 1.54) is 36.0 Å². The molecule has 0 nitrogen and oxygen atoms in total. The van der Waals surface area contributed by atoms with Gasteiger partial charge in [0.15, 0.2) is 0 Å². The number of alkyl halides is 1. The van der Waals surface area contributed by atoms with Gasteiger partial charge in [0.25, 0.3) is 0 Å². The Morgan fingerprint density at radius 2 is 1.53 bits per heavy atom. The zero-order valence-corrected chi connectivity index (χ0v) is 12.5. The molecule has 17 heavy (non-hydrogen) atoms. The standard InChI is InChI=1S/C16H21Br/c1-9-4-10(2)15(11(3)5-9)16(17)14-7-12-6-13(12)8-14/h4-5,12-14,16H,6-8H2,1-3H3. The van der Waals surface area contributed by atoms with Gasteiger partial charge < -0.3 is 0 Å². The Bertz CT molecular complexity index is 416. The fourth-order valence-electron chi connectivity index (χ4n) is 3.86. The second kappa shape index (κ2) is 4.12. The second-order valence-corrected chi connectivity index (χ2v) is 7.19. The molecule has 1 aromatic rings. The van der Waals surface area contributed by atoms with Gasteiger partial charge in [0.2, 0.25) is 0 Å². The topological polar surface area (TPSA) is 0 Å². The number of hydrogen-bond donors (Lipinski definition) is 0. The molecule has 0 saturated heterocycles. The first-order chi connectivity index (χ1) is 8.06. The molecule has 3 atom stereocenters. The lowest BCUT2D eigenvalue weighted by molar-refractivity contribution is 0.480. The van der Waals surface area contributed by atoms with Crippen LogP contribution in [0.1, 0.15) is 46.3 Å². The minimum atomic E-state index is 0.580. The van der Waals surface area contributed by atoms with Crippen LogP contribution in [0.3, 0.4) is 0 Å². The van der Waals surface area contributed by atoms with Crippen molar-refractivity contribution >= 4 is 15.9 Å². The molecule has 3 rings (SSSR count). The fourth-order valence-corrected chi connectivity index (χ4v) is 5.02. The summed E-state index contributed by atoms with van der Waals surface area (Å²) in [6.45, 7) is 6.72. The summed E-state index contributed by atoms with van der Waals surface area (Å²) in [5.74, 6) is 3.02. The molecular formula is C16H21Br. The van der Waals surface area contributed by atoms with E-state index in [2.05, 4.69) is 48.8 Å². The molecule has 1 heteroatoms. The third-order valence-electron chi connectivity index (χ3n) is 4.71. The quantitative estimate of drug-likeness (QED) is 0.666. The van der Waals surface area contributed by atoms with Gasteiger partial charge in [-0.15, -0.1) is 0 Å². The maximum absolute atomic E-state index is 3.99. The molecule has 2 fully saturated rings. The largest absolute Gasteiger partial charge is 0.0836 e. The van der Waals surface area contributed by atoms with Crippen LogP contribution in [0.25, 0.3) is 0 Å². The summed E-state index contributed by atoms with van der Waals surface area (Å²) in [5, 5.41) is 0. The Kier molecular flexibility index (Phi) is 2.85. The van der Waals surface area contributed by atoms with E-state index < -0.39 is 0 Å². The van der Waals surface area contributed by atoms with Crippen LogP contribution in [0.2, 0.25) is 0 Å². The third-order valence-corrected chi connectivity index (χ3v) is 5.91. The summed E-state index contributed by atoms with van der Waals surface area (Å²) in [5.41, 5.74) is 5.87. The van der Waals surface area contributed by atoms with Crippen LogP contribution in [0, 0.1) is 38.5 Å². The van der Waals surface area contributed by atoms with Gasteiger partial charge in [0.1, 0.15) is 0 Å². The Hall–Kier alpha value is -0.300. The minimum Gasteiger partial charge on any atom is -0.0836 e. The normalized spacial score (nSPS) is 32.4. The number of aryl methyl sites for hydroxylation is 3. The lowest BCUT2D eigenvalue weighted by atomic mass is 9.89. The van der Waals surface area contributed by atoms with Crippen molar-refractivity contribution in [2.75, 3.05) is 0 Å². The predicted octanol–water partition coefficient (Wildman–Crippen LogP) is 5.09. The average Bonchev–Trinajstić information content (AvgIpc) is 2.84. The van der Waals surface area contributed by atoms with Crippen LogP contribution in [0.15, 0.2) is 12.1 Å². The molecule has 1 aromatic carbocycles. The molecule has 0 bridgehead atoms. The predicted molar refractivity (Wildman–Crippen MR) is 76.6 cm³/mol. The summed E-state index contributed by atoms with van der Waals surface area (Å²) >= 11 is 3.99. The van der Waals surface area contributed by atoms with Crippen molar-refractivity contribution in [2.24, 2.45) is 17.8 Å². The van der Waals surface area contributed by atoms with Gasteiger partial charge in [-0.25, -0.2) is 0 Å². The summed E-state index contributed by atoms with van der Waals surface area (Å²) < 4.78 is 0. The molecule has 2 aliphatic carbocycles. The lowest BCUT2D eigenvalue weighted by Gasteiger charge is -2.23. The first-order valence-corrected chi connectivity index (χ1v) is 7.69. The summed E-state index contributed by atoms with van der Waals surface area (Å²) in [4.78, 5) is 0.580.